The standard InChI is InChI=1S/C15H23NO/c1-13(2)7-5-8-14(3)9-6-10-15(4)11-12-16-17/h6-7,9-11H,5,8,12H2,1-4H3. The van der Waals surface area contributed by atoms with Crippen LogP contribution < -0.4 is 0 Å². The first-order chi connectivity index (χ1) is 8.06. The highest BCUT2D eigenvalue weighted by molar-refractivity contribution is 5.22. The lowest BCUT2D eigenvalue weighted by molar-refractivity contribution is 0.967. The Morgan fingerprint density at radius 3 is 2.41 bits per heavy atom. The number of hydrogen-bond acceptors (Lipinski definition) is 2. The van der Waals surface area contributed by atoms with E-state index in [2.05, 4.69) is 38.1 Å². The van der Waals surface area contributed by atoms with Gasteiger partial charge in [-0.2, -0.15) is 4.91 Å². The highest BCUT2D eigenvalue weighted by Crippen LogP contribution is 2.07. The summed E-state index contributed by atoms with van der Waals surface area (Å²) in [7, 11) is 0. The van der Waals surface area contributed by atoms with E-state index in [9.17, 15) is 4.91 Å². The van der Waals surface area contributed by atoms with Gasteiger partial charge in [0.15, 0.2) is 0 Å². The Hall–Kier alpha value is -1.44. The van der Waals surface area contributed by atoms with Crippen molar-refractivity contribution in [3.8, 4) is 0 Å². The monoisotopic (exact) mass is 233 g/mol. The second-order valence-electron chi connectivity index (χ2n) is 4.45. The van der Waals surface area contributed by atoms with Crippen LogP contribution in [0, 0.1) is 4.91 Å². The van der Waals surface area contributed by atoms with Crippen molar-refractivity contribution < 1.29 is 0 Å². The molecule has 0 atom stereocenters. The van der Waals surface area contributed by atoms with Crippen LogP contribution in [-0.4, -0.2) is 6.54 Å². The van der Waals surface area contributed by atoms with Crippen LogP contribution in [0.5, 0.6) is 0 Å². The molecule has 2 nitrogen and oxygen atoms in total. The van der Waals surface area contributed by atoms with E-state index in [0.717, 1.165) is 18.4 Å². The minimum absolute atomic E-state index is 0.249. The first kappa shape index (κ1) is 15.6. The van der Waals surface area contributed by atoms with Gasteiger partial charge < -0.3 is 0 Å². The van der Waals surface area contributed by atoms with E-state index in [-0.39, 0.29) is 6.54 Å². The van der Waals surface area contributed by atoms with Crippen LogP contribution in [0.4, 0.5) is 0 Å². The maximum atomic E-state index is 9.93. The molecule has 0 amide bonds. The third kappa shape index (κ3) is 10.8. The van der Waals surface area contributed by atoms with Crippen molar-refractivity contribution in [2.75, 3.05) is 6.54 Å². The van der Waals surface area contributed by atoms with Gasteiger partial charge in [-0.25, -0.2) is 0 Å². The SMILES string of the molecule is CC(C)=CCCC(C)=CC=CC(C)=CCN=O. The van der Waals surface area contributed by atoms with Gasteiger partial charge in [-0.05, 0) is 40.5 Å². The zero-order valence-corrected chi connectivity index (χ0v) is 11.4. The fourth-order valence-corrected chi connectivity index (χ4v) is 1.29. The van der Waals surface area contributed by atoms with Crippen molar-refractivity contribution in [3.05, 3.63) is 52.0 Å². The number of nitrogens with zero attached hydrogens (tertiary/aromatic N) is 1. The molecule has 0 aliphatic heterocycles. The van der Waals surface area contributed by atoms with Crippen molar-refractivity contribution in [1.82, 2.24) is 0 Å². The predicted molar refractivity (Wildman–Crippen MR) is 76.0 cm³/mol. The average Bonchev–Trinajstić information content (AvgIpc) is 2.25. The molecular formula is C15H23NO. The highest BCUT2D eigenvalue weighted by atomic mass is 16.3. The third-order valence-electron chi connectivity index (χ3n) is 2.32. The molecular weight excluding hydrogens is 210 g/mol. The summed E-state index contributed by atoms with van der Waals surface area (Å²) in [4.78, 5) is 9.93. The quantitative estimate of drug-likeness (QED) is 0.347. The van der Waals surface area contributed by atoms with E-state index in [0.29, 0.717) is 0 Å². The molecule has 0 saturated heterocycles. The predicted octanol–water partition coefficient (Wildman–Crippen LogP) is 4.95. The van der Waals surface area contributed by atoms with Crippen molar-refractivity contribution in [2.45, 2.75) is 40.5 Å². The van der Waals surface area contributed by atoms with Crippen molar-refractivity contribution in [1.29, 1.82) is 0 Å². The fourth-order valence-electron chi connectivity index (χ4n) is 1.29. The van der Waals surface area contributed by atoms with Crippen molar-refractivity contribution in [3.63, 3.8) is 0 Å². The van der Waals surface area contributed by atoms with Crippen LogP contribution in [-0.2, 0) is 0 Å². The summed E-state index contributed by atoms with van der Waals surface area (Å²) >= 11 is 0. The smallest absolute Gasteiger partial charge is 0.0997 e. The Morgan fingerprint density at radius 2 is 1.82 bits per heavy atom. The Kier molecular flexibility index (Phi) is 8.94. The van der Waals surface area contributed by atoms with E-state index < -0.39 is 0 Å². The molecule has 0 aromatic rings. The Bertz CT molecular complexity index is 342. The number of nitroso groups, excluding NO2 is 1. The normalized spacial score (nSPS) is 12.9. The summed E-state index contributed by atoms with van der Waals surface area (Å²) in [6.45, 7) is 8.59. The topological polar surface area (TPSA) is 29.4 Å². The third-order valence-corrected chi connectivity index (χ3v) is 2.32. The largest absolute Gasteiger partial charge is 0.150 e. The molecule has 0 aliphatic carbocycles. The average molecular weight is 233 g/mol. The molecule has 0 unspecified atom stereocenters. The summed E-state index contributed by atoms with van der Waals surface area (Å²) in [5.74, 6) is 0. The molecule has 0 saturated carbocycles. The summed E-state index contributed by atoms with van der Waals surface area (Å²) in [6.07, 6.45) is 12.4. The van der Waals surface area contributed by atoms with Crippen molar-refractivity contribution >= 4 is 0 Å². The molecule has 0 aliphatic rings. The molecule has 0 aromatic heterocycles. The molecule has 94 valence electrons. The van der Waals surface area contributed by atoms with E-state index in [1.165, 1.54) is 11.1 Å². The van der Waals surface area contributed by atoms with Crippen LogP contribution in [0.2, 0.25) is 0 Å². The summed E-state index contributed by atoms with van der Waals surface area (Å²) < 4.78 is 0. The molecule has 0 bridgehead atoms. The van der Waals surface area contributed by atoms with Gasteiger partial charge in [0.2, 0.25) is 0 Å². The second-order valence-corrected chi connectivity index (χ2v) is 4.45. The van der Waals surface area contributed by atoms with Gasteiger partial charge in [-0.15, -0.1) is 0 Å². The summed E-state index contributed by atoms with van der Waals surface area (Å²) in [6, 6.07) is 0. The molecule has 2 heteroatoms. The van der Waals surface area contributed by atoms with Crippen LogP contribution in [0.15, 0.2) is 52.3 Å². The van der Waals surface area contributed by atoms with Gasteiger partial charge in [-0.3, -0.25) is 0 Å². The maximum absolute atomic E-state index is 9.93. The lowest BCUT2D eigenvalue weighted by Crippen LogP contribution is -1.77. The number of allylic oxidation sites excluding steroid dienone is 7. The summed E-state index contributed by atoms with van der Waals surface area (Å²) in [5, 5.41) is 2.79. The van der Waals surface area contributed by atoms with E-state index in [1.54, 1.807) is 0 Å². The van der Waals surface area contributed by atoms with E-state index in [4.69, 9.17) is 0 Å². The first-order valence-corrected chi connectivity index (χ1v) is 5.99. The number of hydrogen-bond donors (Lipinski definition) is 0. The van der Waals surface area contributed by atoms with Gasteiger partial charge in [0, 0.05) is 0 Å². The molecule has 0 heterocycles. The Morgan fingerprint density at radius 1 is 1.12 bits per heavy atom. The van der Waals surface area contributed by atoms with Crippen LogP contribution >= 0.6 is 0 Å². The Balaban J connectivity index is 4.09. The lowest BCUT2D eigenvalue weighted by atomic mass is 10.1. The molecule has 0 radical (unpaired) electrons. The van der Waals surface area contributed by atoms with Crippen LogP contribution in [0.3, 0.4) is 0 Å². The highest BCUT2D eigenvalue weighted by Gasteiger charge is 1.87. The van der Waals surface area contributed by atoms with Crippen molar-refractivity contribution in [2.24, 2.45) is 5.18 Å². The molecule has 0 rings (SSSR count). The maximum Gasteiger partial charge on any atom is 0.0997 e. The van der Waals surface area contributed by atoms with E-state index in [1.807, 2.05) is 25.2 Å². The molecule has 0 fully saturated rings. The lowest BCUT2D eigenvalue weighted by Gasteiger charge is -1.96. The minimum Gasteiger partial charge on any atom is -0.150 e. The van der Waals surface area contributed by atoms with Gasteiger partial charge >= 0.3 is 0 Å². The van der Waals surface area contributed by atoms with Gasteiger partial charge in [0.25, 0.3) is 0 Å². The molecule has 0 aromatic carbocycles. The van der Waals surface area contributed by atoms with Crippen LogP contribution in [0.25, 0.3) is 0 Å². The minimum atomic E-state index is 0.249. The second kappa shape index (κ2) is 9.76. The van der Waals surface area contributed by atoms with E-state index >= 15 is 0 Å². The molecule has 17 heavy (non-hydrogen) atoms. The first-order valence-electron chi connectivity index (χ1n) is 5.99. The molecule has 0 spiro atoms. The number of rotatable bonds is 7. The fraction of sp³-hybridized carbons (Fsp3) is 0.467. The zero-order valence-electron chi connectivity index (χ0n) is 11.4. The zero-order chi connectivity index (χ0) is 13.1. The van der Waals surface area contributed by atoms with Gasteiger partial charge in [-0.1, -0.05) is 52.3 Å². The van der Waals surface area contributed by atoms with Gasteiger partial charge in [0.1, 0.15) is 0 Å². The van der Waals surface area contributed by atoms with Crippen LogP contribution in [0.1, 0.15) is 40.5 Å². The summed E-state index contributed by atoms with van der Waals surface area (Å²) in [5.41, 5.74) is 3.80. The Labute approximate surface area is 105 Å². The molecule has 0 N–H and O–H groups in total. The van der Waals surface area contributed by atoms with Gasteiger partial charge in [0.05, 0.1) is 6.54 Å².